The molecule has 1 aromatic rings. The van der Waals surface area contributed by atoms with Gasteiger partial charge >= 0.3 is 5.97 Å². The highest BCUT2D eigenvalue weighted by molar-refractivity contribution is 5.85. The van der Waals surface area contributed by atoms with Crippen LogP contribution in [0.15, 0.2) is 18.3 Å². The van der Waals surface area contributed by atoms with E-state index in [0.717, 1.165) is 31.7 Å². The second kappa shape index (κ2) is 6.79. The maximum Gasteiger partial charge on any atom is 0.354 e. The summed E-state index contributed by atoms with van der Waals surface area (Å²) in [5, 5.41) is 15.1. The summed E-state index contributed by atoms with van der Waals surface area (Å²) in [5.74, 6) is -1.00. The third-order valence-corrected chi connectivity index (χ3v) is 2.09. The van der Waals surface area contributed by atoms with E-state index in [0.29, 0.717) is 0 Å². The molecule has 0 aliphatic rings. The van der Waals surface area contributed by atoms with E-state index in [1.807, 2.05) is 0 Å². The van der Waals surface area contributed by atoms with Crippen LogP contribution in [0.1, 0.15) is 23.8 Å². The van der Waals surface area contributed by atoms with Gasteiger partial charge in [0.15, 0.2) is 0 Å². The number of pyridine rings is 1. The third-order valence-electron chi connectivity index (χ3n) is 2.09. The van der Waals surface area contributed by atoms with Crippen LogP contribution < -0.4 is 10.6 Å². The first kappa shape index (κ1) is 12.4. The van der Waals surface area contributed by atoms with E-state index >= 15 is 0 Å². The summed E-state index contributed by atoms with van der Waals surface area (Å²) in [6.07, 6.45) is 2.56. The molecule has 0 unspecified atom stereocenters. The minimum atomic E-state index is -1.00. The van der Waals surface area contributed by atoms with E-state index in [1.165, 1.54) is 12.3 Å². The van der Waals surface area contributed by atoms with Crippen molar-refractivity contribution >= 4 is 11.7 Å². The Kier molecular flexibility index (Phi) is 5.28. The van der Waals surface area contributed by atoms with Gasteiger partial charge < -0.3 is 15.7 Å². The molecule has 0 amide bonds. The summed E-state index contributed by atoms with van der Waals surface area (Å²) in [6, 6.07) is 3.22. The monoisotopic (exact) mass is 223 g/mol. The molecule has 1 heterocycles. The van der Waals surface area contributed by atoms with Crippen LogP contribution in [0.25, 0.3) is 0 Å². The molecule has 0 aromatic carbocycles. The number of rotatable bonds is 7. The molecule has 0 aliphatic carbocycles. The van der Waals surface area contributed by atoms with E-state index < -0.39 is 5.97 Å². The van der Waals surface area contributed by atoms with Crippen molar-refractivity contribution in [1.29, 1.82) is 0 Å². The smallest absolute Gasteiger partial charge is 0.354 e. The van der Waals surface area contributed by atoms with Crippen molar-refractivity contribution in [3.63, 3.8) is 0 Å². The number of carboxylic acids is 1. The zero-order valence-electron chi connectivity index (χ0n) is 9.36. The first-order chi connectivity index (χ1) is 7.74. The van der Waals surface area contributed by atoms with Gasteiger partial charge in [-0.25, -0.2) is 9.78 Å². The molecule has 1 aromatic heterocycles. The Morgan fingerprint density at radius 3 is 2.81 bits per heavy atom. The first-order valence-electron chi connectivity index (χ1n) is 5.38. The maximum absolute atomic E-state index is 10.6. The summed E-state index contributed by atoms with van der Waals surface area (Å²) in [6.45, 7) is 4.88. The minimum Gasteiger partial charge on any atom is -0.477 e. The van der Waals surface area contributed by atoms with Gasteiger partial charge in [-0.05, 0) is 31.6 Å². The normalized spacial score (nSPS) is 10.1. The lowest BCUT2D eigenvalue weighted by atomic mass is 10.3. The Morgan fingerprint density at radius 1 is 1.44 bits per heavy atom. The molecule has 0 radical (unpaired) electrons. The molecule has 0 saturated carbocycles. The molecule has 3 N–H and O–H groups in total. The predicted octanol–water partition coefficient (Wildman–Crippen LogP) is 1.19. The molecule has 0 aliphatic heterocycles. The lowest BCUT2D eigenvalue weighted by Gasteiger charge is -2.06. The molecule has 5 nitrogen and oxygen atoms in total. The third kappa shape index (κ3) is 4.27. The fourth-order valence-corrected chi connectivity index (χ4v) is 1.25. The van der Waals surface area contributed by atoms with Crippen molar-refractivity contribution in [1.82, 2.24) is 10.3 Å². The number of nitrogens with zero attached hydrogens (tertiary/aromatic N) is 1. The number of hydrogen-bond acceptors (Lipinski definition) is 4. The SMILES string of the molecule is CCNCCCNc1ccc(C(=O)O)nc1. The molecule has 0 bridgehead atoms. The van der Waals surface area contributed by atoms with Gasteiger partial charge in [0.1, 0.15) is 5.69 Å². The van der Waals surface area contributed by atoms with Crippen molar-refractivity contribution in [3.05, 3.63) is 24.0 Å². The van der Waals surface area contributed by atoms with E-state index in [1.54, 1.807) is 6.07 Å². The number of aromatic nitrogens is 1. The largest absolute Gasteiger partial charge is 0.477 e. The molecule has 16 heavy (non-hydrogen) atoms. The molecule has 0 atom stereocenters. The molecule has 0 fully saturated rings. The number of carbonyl (C=O) groups is 1. The van der Waals surface area contributed by atoms with Gasteiger partial charge in [-0.3, -0.25) is 0 Å². The van der Waals surface area contributed by atoms with Crippen molar-refractivity contribution in [2.75, 3.05) is 25.0 Å². The van der Waals surface area contributed by atoms with E-state index in [4.69, 9.17) is 5.11 Å². The maximum atomic E-state index is 10.6. The Balaban J connectivity index is 2.29. The fraction of sp³-hybridized carbons (Fsp3) is 0.455. The highest BCUT2D eigenvalue weighted by atomic mass is 16.4. The number of hydrogen-bond donors (Lipinski definition) is 3. The summed E-state index contributed by atoms with van der Waals surface area (Å²) < 4.78 is 0. The van der Waals surface area contributed by atoms with E-state index in [9.17, 15) is 4.79 Å². The van der Waals surface area contributed by atoms with Gasteiger partial charge in [0.05, 0.1) is 11.9 Å². The van der Waals surface area contributed by atoms with Crippen LogP contribution in [0.3, 0.4) is 0 Å². The van der Waals surface area contributed by atoms with Crippen LogP contribution in [0.4, 0.5) is 5.69 Å². The Bertz CT molecular complexity index is 325. The topological polar surface area (TPSA) is 74.2 Å². The summed E-state index contributed by atoms with van der Waals surface area (Å²) in [7, 11) is 0. The predicted molar refractivity (Wildman–Crippen MR) is 62.8 cm³/mol. The quantitative estimate of drug-likeness (QED) is 0.605. The highest BCUT2D eigenvalue weighted by Gasteiger charge is 2.02. The molecule has 1 rings (SSSR count). The van der Waals surface area contributed by atoms with E-state index in [-0.39, 0.29) is 5.69 Å². The van der Waals surface area contributed by atoms with Crippen LogP contribution in [-0.4, -0.2) is 35.7 Å². The average molecular weight is 223 g/mol. The summed E-state index contributed by atoms with van der Waals surface area (Å²) in [5.41, 5.74) is 0.916. The Morgan fingerprint density at radius 2 is 2.25 bits per heavy atom. The second-order valence-electron chi connectivity index (χ2n) is 3.37. The standard InChI is InChI=1S/C11H17N3O2/c1-2-12-6-3-7-13-9-4-5-10(11(15)16)14-8-9/h4-5,8,12-13H,2-3,6-7H2,1H3,(H,15,16). The summed E-state index contributed by atoms with van der Waals surface area (Å²) in [4.78, 5) is 14.4. The number of carboxylic acid groups (broad SMARTS) is 1. The Labute approximate surface area is 94.9 Å². The molecule has 5 heteroatoms. The van der Waals surface area contributed by atoms with Crippen LogP contribution in [0.2, 0.25) is 0 Å². The molecule has 88 valence electrons. The van der Waals surface area contributed by atoms with Crippen molar-refractivity contribution in [2.45, 2.75) is 13.3 Å². The highest BCUT2D eigenvalue weighted by Crippen LogP contribution is 2.05. The zero-order chi connectivity index (χ0) is 11.8. The molecule has 0 saturated heterocycles. The van der Waals surface area contributed by atoms with E-state index in [2.05, 4.69) is 22.5 Å². The van der Waals surface area contributed by atoms with Crippen LogP contribution in [0.5, 0.6) is 0 Å². The lowest BCUT2D eigenvalue weighted by Crippen LogP contribution is -2.17. The van der Waals surface area contributed by atoms with Gasteiger partial charge in [0.2, 0.25) is 0 Å². The van der Waals surface area contributed by atoms with Crippen molar-refractivity contribution < 1.29 is 9.90 Å². The molecular formula is C11H17N3O2. The van der Waals surface area contributed by atoms with Crippen LogP contribution in [0, 0.1) is 0 Å². The van der Waals surface area contributed by atoms with Crippen LogP contribution >= 0.6 is 0 Å². The molecular weight excluding hydrogens is 206 g/mol. The van der Waals surface area contributed by atoms with Gasteiger partial charge in [-0.2, -0.15) is 0 Å². The lowest BCUT2D eigenvalue weighted by molar-refractivity contribution is 0.0690. The zero-order valence-corrected chi connectivity index (χ0v) is 9.36. The van der Waals surface area contributed by atoms with Gasteiger partial charge in [-0.15, -0.1) is 0 Å². The number of anilines is 1. The van der Waals surface area contributed by atoms with Gasteiger partial charge in [0, 0.05) is 6.54 Å². The van der Waals surface area contributed by atoms with Crippen LogP contribution in [-0.2, 0) is 0 Å². The summed E-state index contributed by atoms with van der Waals surface area (Å²) >= 11 is 0. The second-order valence-corrected chi connectivity index (χ2v) is 3.37. The average Bonchev–Trinajstić information content (AvgIpc) is 2.29. The minimum absolute atomic E-state index is 0.0678. The Hall–Kier alpha value is -1.62. The number of aromatic carboxylic acids is 1. The van der Waals surface area contributed by atoms with Gasteiger partial charge in [0.25, 0.3) is 0 Å². The van der Waals surface area contributed by atoms with Crippen molar-refractivity contribution in [2.24, 2.45) is 0 Å². The molecule has 0 spiro atoms. The van der Waals surface area contributed by atoms with Gasteiger partial charge in [-0.1, -0.05) is 6.92 Å². The fourth-order valence-electron chi connectivity index (χ4n) is 1.25. The number of nitrogens with one attached hydrogen (secondary N) is 2. The van der Waals surface area contributed by atoms with Crippen molar-refractivity contribution in [3.8, 4) is 0 Å². The first-order valence-corrected chi connectivity index (χ1v) is 5.38.